The van der Waals surface area contributed by atoms with E-state index in [2.05, 4.69) is 27.9 Å². The molecule has 2 aliphatic heterocycles. The Balaban J connectivity index is 1.32. The maximum Gasteiger partial charge on any atom is 0.332 e. The number of hydrogen-bond donors (Lipinski definition) is 2. The van der Waals surface area contributed by atoms with E-state index in [1.165, 1.54) is 22.3 Å². The first-order valence-electron chi connectivity index (χ1n) is 11.2. The molecule has 2 amide bonds. The molecule has 2 N–H and O–H groups in total. The Kier molecular flexibility index (Phi) is 4.86. The molecule has 0 aromatic heterocycles. The first-order valence-corrected chi connectivity index (χ1v) is 12.8. The van der Waals surface area contributed by atoms with Crippen LogP contribution in [-0.4, -0.2) is 43.2 Å². The van der Waals surface area contributed by atoms with Gasteiger partial charge in [-0.25, -0.2) is 17.9 Å². The average Bonchev–Trinajstić information content (AvgIpc) is 3.38. The van der Waals surface area contributed by atoms with Gasteiger partial charge in [-0.05, 0) is 93.0 Å². The maximum atomic E-state index is 13.0. The monoisotopic (exact) mass is 417 g/mol. The fraction of sp³-hybridized carbons (Fsp3) is 0.682. The van der Waals surface area contributed by atoms with E-state index in [1.54, 1.807) is 0 Å². The van der Waals surface area contributed by atoms with Gasteiger partial charge in [0.25, 0.3) is 0 Å². The Morgan fingerprint density at radius 2 is 1.62 bits per heavy atom. The highest BCUT2D eigenvalue weighted by molar-refractivity contribution is 7.90. The van der Waals surface area contributed by atoms with Crippen LogP contribution >= 0.6 is 0 Å². The Morgan fingerprint density at radius 1 is 1.03 bits per heavy atom. The molecule has 0 saturated carbocycles. The van der Waals surface area contributed by atoms with Crippen molar-refractivity contribution in [3.8, 4) is 0 Å². The fourth-order valence-electron chi connectivity index (χ4n) is 6.31. The number of amides is 2. The third kappa shape index (κ3) is 3.36. The molecule has 5 rings (SSSR count). The second kappa shape index (κ2) is 7.27. The highest BCUT2D eigenvalue weighted by Gasteiger charge is 2.44. The number of fused-ring (bicyclic) bond motifs is 4. The maximum absolute atomic E-state index is 13.0. The second-order valence-corrected chi connectivity index (χ2v) is 11.1. The van der Waals surface area contributed by atoms with E-state index in [0.717, 1.165) is 63.6 Å². The minimum atomic E-state index is -3.68. The lowest BCUT2D eigenvalue weighted by molar-refractivity contribution is 0.150. The number of carbonyl (C=O) groups is 1. The summed E-state index contributed by atoms with van der Waals surface area (Å²) in [5.41, 5.74) is 5.97. The summed E-state index contributed by atoms with van der Waals surface area (Å²) in [5.74, 6) is 0. The fourth-order valence-corrected chi connectivity index (χ4v) is 7.74. The van der Waals surface area contributed by atoms with Crippen LogP contribution in [0.3, 0.4) is 0 Å². The third-order valence-electron chi connectivity index (χ3n) is 7.59. The molecule has 2 heterocycles. The van der Waals surface area contributed by atoms with E-state index in [4.69, 9.17) is 0 Å². The van der Waals surface area contributed by atoms with Crippen LogP contribution in [0, 0.1) is 0 Å². The summed E-state index contributed by atoms with van der Waals surface area (Å²) in [5, 5.41) is 2.48. The Bertz CT molecular complexity index is 897. The molecule has 2 aliphatic carbocycles. The normalized spacial score (nSPS) is 28.2. The van der Waals surface area contributed by atoms with E-state index < -0.39 is 21.3 Å². The van der Waals surface area contributed by atoms with Gasteiger partial charge >= 0.3 is 6.03 Å². The van der Waals surface area contributed by atoms with Gasteiger partial charge in [-0.2, -0.15) is 0 Å². The number of nitrogens with one attached hydrogen (secondary N) is 2. The highest BCUT2D eigenvalue weighted by Crippen LogP contribution is 2.39. The van der Waals surface area contributed by atoms with Gasteiger partial charge in [-0.3, -0.25) is 4.90 Å². The first kappa shape index (κ1) is 19.4. The quantitative estimate of drug-likeness (QED) is 0.789. The van der Waals surface area contributed by atoms with E-state index in [1.807, 2.05) is 0 Å². The molecule has 0 radical (unpaired) electrons. The molecule has 29 heavy (non-hydrogen) atoms. The number of carbonyl (C=O) groups excluding carboxylic acids is 1. The van der Waals surface area contributed by atoms with Crippen molar-refractivity contribution in [1.82, 2.24) is 9.62 Å². The van der Waals surface area contributed by atoms with Crippen LogP contribution in [0.2, 0.25) is 0 Å². The number of sulfonamides is 1. The molecule has 2 bridgehead atoms. The van der Waals surface area contributed by atoms with Crippen molar-refractivity contribution in [3.05, 3.63) is 28.3 Å². The van der Waals surface area contributed by atoms with Gasteiger partial charge in [0.2, 0.25) is 10.0 Å². The summed E-state index contributed by atoms with van der Waals surface area (Å²) < 4.78 is 28.3. The van der Waals surface area contributed by atoms with Crippen molar-refractivity contribution in [1.29, 1.82) is 0 Å². The van der Waals surface area contributed by atoms with Crippen LogP contribution in [0.25, 0.3) is 0 Å². The van der Waals surface area contributed by atoms with E-state index in [9.17, 15) is 13.2 Å². The number of benzene rings is 1. The molecule has 7 heteroatoms. The summed E-state index contributed by atoms with van der Waals surface area (Å²) in [7, 11) is -3.68. The zero-order valence-electron chi connectivity index (χ0n) is 17.2. The molecule has 158 valence electrons. The Morgan fingerprint density at radius 3 is 2.17 bits per heavy atom. The molecule has 6 nitrogen and oxygen atoms in total. The summed E-state index contributed by atoms with van der Waals surface area (Å²) >= 11 is 0. The van der Waals surface area contributed by atoms with Gasteiger partial charge in [0.05, 0.1) is 5.25 Å². The topological polar surface area (TPSA) is 78.5 Å². The Labute approximate surface area is 173 Å². The number of piperidine rings is 1. The zero-order valence-corrected chi connectivity index (χ0v) is 18.0. The molecular formula is C22H31N3O3S. The van der Waals surface area contributed by atoms with Crippen molar-refractivity contribution in [2.75, 3.05) is 11.9 Å². The molecule has 2 saturated heterocycles. The molecule has 2 fully saturated rings. The van der Waals surface area contributed by atoms with Crippen LogP contribution in [-0.2, 0) is 35.7 Å². The minimum Gasteiger partial charge on any atom is -0.307 e. The lowest BCUT2D eigenvalue weighted by Gasteiger charge is -2.37. The number of anilines is 1. The average molecular weight is 418 g/mol. The van der Waals surface area contributed by atoms with Crippen LogP contribution < -0.4 is 10.0 Å². The molecule has 0 unspecified atom stereocenters. The van der Waals surface area contributed by atoms with Crippen molar-refractivity contribution >= 4 is 21.7 Å². The number of hydrogen-bond acceptors (Lipinski definition) is 4. The molecule has 0 spiro atoms. The van der Waals surface area contributed by atoms with E-state index in [0.29, 0.717) is 24.9 Å². The van der Waals surface area contributed by atoms with Crippen molar-refractivity contribution < 1.29 is 13.2 Å². The largest absolute Gasteiger partial charge is 0.332 e. The van der Waals surface area contributed by atoms with Gasteiger partial charge in [0.1, 0.15) is 0 Å². The smallest absolute Gasteiger partial charge is 0.307 e. The lowest BCUT2D eigenvalue weighted by atomic mass is 9.99. The molecule has 1 aromatic rings. The standard InChI is InChI=1S/C22H31N3O3S/c1-2-25-16-9-10-17(25)13-18(12-16)29(27,28)24-22(26)23-21-19-7-3-5-14(19)11-15-6-4-8-20(15)21/h11,16-18H,2-10,12-13H2,1H3,(H2,23,24,26)/t16-,17+,18-. The number of urea groups is 1. The second-order valence-electron chi connectivity index (χ2n) is 9.14. The van der Waals surface area contributed by atoms with Gasteiger partial charge in [-0.15, -0.1) is 0 Å². The summed E-state index contributed by atoms with van der Waals surface area (Å²) in [6, 6.07) is 2.39. The first-order chi connectivity index (χ1) is 14.0. The summed E-state index contributed by atoms with van der Waals surface area (Å²) in [6.45, 7) is 3.11. The Hall–Kier alpha value is -1.60. The van der Waals surface area contributed by atoms with Gasteiger partial charge in [-0.1, -0.05) is 13.0 Å². The number of rotatable bonds is 4. The number of aryl methyl sites for hydroxylation is 2. The van der Waals surface area contributed by atoms with E-state index >= 15 is 0 Å². The van der Waals surface area contributed by atoms with Crippen LogP contribution in [0.15, 0.2) is 6.07 Å². The lowest BCUT2D eigenvalue weighted by Crippen LogP contribution is -2.50. The summed E-state index contributed by atoms with van der Waals surface area (Å²) in [6.07, 6.45) is 9.63. The van der Waals surface area contributed by atoms with Crippen LogP contribution in [0.5, 0.6) is 0 Å². The zero-order chi connectivity index (χ0) is 20.2. The molecule has 3 atom stereocenters. The molecule has 4 aliphatic rings. The molecule has 1 aromatic carbocycles. The SMILES string of the molecule is CCN1[C@@H]2CC[C@H]1C[C@H](S(=O)(=O)NC(=O)Nc1c3c(cc4c1CCC4)CCC3)C2. The van der Waals surface area contributed by atoms with Crippen molar-refractivity contribution in [2.45, 2.75) is 88.5 Å². The molecular weight excluding hydrogens is 386 g/mol. The summed E-state index contributed by atoms with van der Waals surface area (Å²) in [4.78, 5) is 15.2. The van der Waals surface area contributed by atoms with E-state index in [-0.39, 0.29) is 0 Å². The number of nitrogens with zero attached hydrogens (tertiary/aromatic N) is 1. The predicted octanol–water partition coefficient (Wildman–Crippen LogP) is 3.13. The van der Waals surface area contributed by atoms with Crippen molar-refractivity contribution in [3.63, 3.8) is 0 Å². The predicted molar refractivity (Wildman–Crippen MR) is 114 cm³/mol. The van der Waals surface area contributed by atoms with Gasteiger partial charge in [0, 0.05) is 17.8 Å². The van der Waals surface area contributed by atoms with Crippen LogP contribution in [0.1, 0.15) is 67.7 Å². The van der Waals surface area contributed by atoms with Gasteiger partial charge in [0.15, 0.2) is 0 Å². The van der Waals surface area contributed by atoms with Gasteiger partial charge < -0.3 is 5.32 Å². The minimum absolute atomic E-state index is 0.337. The highest BCUT2D eigenvalue weighted by atomic mass is 32.2. The van der Waals surface area contributed by atoms with Crippen molar-refractivity contribution in [2.24, 2.45) is 0 Å². The van der Waals surface area contributed by atoms with Crippen LogP contribution in [0.4, 0.5) is 10.5 Å². The third-order valence-corrected chi connectivity index (χ3v) is 9.32.